The predicted octanol–water partition coefficient (Wildman–Crippen LogP) is 2.37. The molecule has 0 aliphatic carbocycles. The second kappa shape index (κ2) is 8.39. The van der Waals surface area contributed by atoms with Gasteiger partial charge in [-0.3, -0.25) is 10.1 Å². The normalized spacial score (nSPS) is 15.2. The van der Waals surface area contributed by atoms with Crippen LogP contribution in [-0.2, 0) is 0 Å². The Bertz CT molecular complexity index is 951. The summed E-state index contributed by atoms with van der Waals surface area (Å²) in [5, 5.41) is 16.9. The fourth-order valence-corrected chi connectivity index (χ4v) is 3.16. The van der Waals surface area contributed by atoms with E-state index in [0.717, 1.165) is 43.4 Å². The van der Waals surface area contributed by atoms with Gasteiger partial charge >= 0.3 is 0 Å². The van der Waals surface area contributed by atoms with Crippen LogP contribution in [0.2, 0.25) is 0 Å². The highest BCUT2D eigenvalue weighted by atomic mass is 19.1. The van der Waals surface area contributed by atoms with Crippen LogP contribution in [0.5, 0.6) is 0 Å². The number of nitrogens with zero attached hydrogens (tertiary/aromatic N) is 5. The van der Waals surface area contributed by atoms with Gasteiger partial charge in [-0.05, 0) is 26.0 Å². The van der Waals surface area contributed by atoms with E-state index in [1.165, 1.54) is 12.3 Å². The monoisotopic (exact) mass is 397 g/mol. The molecule has 4 heterocycles. The van der Waals surface area contributed by atoms with Gasteiger partial charge < -0.3 is 20.9 Å². The molecule has 3 aromatic rings. The number of anilines is 4. The SMILES string of the molecule is Cc1cc(Nc2nc(N[C@@H](C)c3ccc(F)cn3)cc(N3CCNCC3)n2)n[nH]1. The maximum Gasteiger partial charge on any atom is 0.232 e. The molecule has 3 aromatic heterocycles. The molecule has 1 saturated heterocycles. The van der Waals surface area contributed by atoms with Crippen molar-refractivity contribution in [3.8, 4) is 0 Å². The van der Waals surface area contributed by atoms with Crippen LogP contribution in [0.4, 0.5) is 27.8 Å². The highest BCUT2D eigenvalue weighted by Gasteiger charge is 2.16. The van der Waals surface area contributed by atoms with Crippen molar-refractivity contribution in [1.29, 1.82) is 0 Å². The smallest absolute Gasteiger partial charge is 0.232 e. The molecule has 0 bridgehead atoms. The van der Waals surface area contributed by atoms with E-state index in [-0.39, 0.29) is 11.9 Å². The van der Waals surface area contributed by atoms with Crippen molar-refractivity contribution < 1.29 is 4.39 Å². The van der Waals surface area contributed by atoms with Crippen LogP contribution in [0.3, 0.4) is 0 Å². The minimum Gasteiger partial charge on any atom is -0.362 e. The number of piperazine rings is 1. The molecule has 4 rings (SSSR count). The van der Waals surface area contributed by atoms with Gasteiger partial charge in [0.1, 0.15) is 17.5 Å². The quantitative estimate of drug-likeness (QED) is 0.502. The molecule has 0 saturated carbocycles. The number of aryl methyl sites for hydroxylation is 1. The lowest BCUT2D eigenvalue weighted by molar-refractivity contribution is 0.585. The van der Waals surface area contributed by atoms with Gasteiger partial charge in [0.15, 0.2) is 5.82 Å². The second-order valence-electron chi connectivity index (χ2n) is 7.00. The summed E-state index contributed by atoms with van der Waals surface area (Å²) in [6, 6.07) is 6.73. The highest BCUT2D eigenvalue weighted by Crippen LogP contribution is 2.24. The maximum absolute atomic E-state index is 13.2. The lowest BCUT2D eigenvalue weighted by Crippen LogP contribution is -2.44. The van der Waals surface area contributed by atoms with Gasteiger partial charge in [-0.15, -0.1) is 0 Å². The third-order valence-corrected chi connectivity index (χ3v) is 4.66. The van der Waals surface area contributed by atoms with Crippen LogP contribution in [0, 0.1) is 12.7 Å². The molecular weight excluding hydrogens is 373 g/mol. The Morgan fingerprint density at radius 3 is 2.66 bits per heavy atom. The van der Waals surface area contributed by atoms with E-state index in [9.17, 15) is 4.39 Å². The van der Waals surface area contributed by atoms with Crippen molar-refractivity contribution in [1.82, 2.24) is 30.5 Å². The van der Waals surface area contributed by atoms with E-state index in [4.69, 9.17) is 0 Å². The lowest BCUT2D eigenvalue weighted by atomic mass is 10.2. The van der Waals surface area contributed by atoms with Gasteiger partial charge in [-0.1, -0.05) is 0 Å². The third-order valence-electron chi connectivity index (χ3n) is 4.66. The number of rotatable bonds is 6. The summed E-state index contributed by atoms with van der Waals surface area (Å²) in [5.74, 6) is 2.23. The van der Waals surface area contributed by atoms with E-state index in [0.29, 0.717) is 17.6 Å². The van der Waals surface area contributed by atoms with Crippen LogP contribution in [-0.4, -0.2) is 51.3 Å². The minimum absolute atomic E-state index is 0.151. The van der Waals surface area contributed by atoms with E-state index in [1.807, 2.05) is 26.0 Å². The molecule has 1 fully saturated rings. The zero-order valence-corrected chi connectivity index (χ0v) is 16.4. The van der Waals surface area contributed by atoms with E-state index in [2.05, 4.69) is 46.0 Å². The largest absolute Gasteiger partial charge is 0.362 e. The number of hydrogen-bond acceptors (Lipinski definition) is 8. The fourth-order valence-electron chi connectivity index (χ4n) is 3.16. The summed E-state index contributed by atoms with van der Waals surface area (Å²) in [7, 11) is 0. The fraction of sp³-hybridized carbons (Fsp3) is 0.368. The molecule has 1 atom stereocenters. The molecule has 1 aliphatic rings. The number of hydrogen-bond donors (Lipinski definition) is 4. The van der Waals surface area contributed by atoms with Crippen LogP contribution in [0.15, 0.2) is 30.5 Å². The second-order valence-corrected chi connectivity index (χ2v) is 7.00. The first-order chi connectivity index (χ1) is 14.1. The zero-order valence-electron chi connectivity index (χ0n) is 16.4. The Kier molecular flexibility index (Phi) is 5.52. The van der Waals surface area contributed by atoms with Crippen LogP contribution >= 0.6 is 0 Å². The van der Waals surface area contributed by atoms with Gasteiger partial charge in [0.25, 0.3) is 0 Å². The Morgan fingerprint density at radius 2 is 1.97 bits per heavy atom. The summed E-state index contributed by atoms with van der Waals surface area (Å²) in [5.41, 5.74) is 1.67. The van der Waals surface area contributed by atoms with Crippen molar-refractivity contribution in [3.63, 3.8) is 0 Å². The van der Waals surface area contributed by atoms with Gasteiger partial charge in [-0.2, -0.15) is 15.1 Å². The number of halogens is 1. The van der Waals surface area contributed by atoms with Crippen LogP contribution in [0.1, 0.15) is 24.4 Å². The predicted molar refractivity (Wildman–Crippen MR) is 110 cm³/mol. The molecule has 10 heteroatoms. The first kappa shape index (κ1) is 19.1. The number of aromatic amines is 1. The molecule has 0 unspecified atom stereocenters. The number of H-pyrrole nitrogens is 1. The summed E-state index contributed by atoms with van der Waals surface area (Å²) in [6.45, 7) is 7.44. The summed E-state index contributed by atoms with van der Waals surface area (Å²) in [6.07, 6.45) is 1.21. The number of nitrogens with one attached hydrogen (secondary N) is 4. The van der Waals surface area contributed by atoms with Crippen molar-refractivity contribution in [2.45, 2.75) is 19.9 Å². The average Bonchev–Trinajstić information content (AvgIpc) is 3.13. The summed E-state index contributed by atoms with van der Waals surface area (Å²) >= 11 is 0. The molecule has 1 aliphatic heterocycles. The van der Waals surface area contributed by atoms with Crippen molar-refractivity contribution in [2.75, 3.05) is 41.7 Å². The molecule has 0 spiro atoms. The molecule has 9 nitrogen and oxygen atoms in total. The lowest BCUT2D eigenvalue weighted by Gasteiger charge is -2.29. The van der Waals surface area contributed by atoms with Crippen molar-refractivity contribution in [2.24, 2.45) is 0 Å². The molecule has 4 N–H and O–H groups in total. The Balaban J connectivity index is 1.60. The molecule has 0 amide bonds. The van der Waals surface area contributed by atoms with Crippen molar-refractivity contribution >= 4 is 23.4 Å². The standard InChI is InChI=1S/C19H24FN9/c1-12-9-17(28-27-12)25-19-24-16(10-18(26-19)29-7-5-21-6-8-29)23-13(2)15-4-3-14(20)11-22-15/h3-4,9-11,13,21H,5-8H2,1-2H3,(H3,23,24,25,26,27,28)/t13-/m0/s1. The van der Waals surface area contributed by atoms with Gasteiger partial charge in [-0.25, -0.2) is 4.39 Å². The van der Waals surface area contributed by atoms with E-state index < -0.39 is 0 Å². The first-order valence-electron chi connectivity index (χ1n) is 9.58. The highest BCUT2D eigenvalue weighted by molar-refractivity contribution is 5.58. The van der Waals surface area contributed by atoms with E-state index >= 15 is 0 Å². The molecule has 152 valence electrons. The number of pyridine rings is 1. The topological polar surface area (TPSA) is 107 Å². The third kappa shape index (κ3) is 4.77. The molecule has 0 radical (unpaired) electrons. The van der Waals surface area contributed by atoms with E-state index in [1.54, 1.807) is 6.07 Å². The van der Waals surface area contributed by atoms with Crippen molar-refractivity contribution in [3.05, 3.63) is 47.7 Å². The van der Waals surface area contributed by atoms with Crippen LogP contribution < -0.4 is 20.9 Å². The Labute approximate surface area is 168 Å². The Hall–Kier alpha value is -3.27. The number of aromatic nitrogens is 5. The summed E-state index contributed by atoms with van der Waals surface area (Å²) in [4.78, 5) is 15.6. The zero-order chi connectivity index (χ0) is 20.2. The van der Waals surface area contributed by atoms with Gasteiger partial charge in [0.2, 0.25) is 5.95 Å². The van der Waals surface area contributed by atoms with Gasteiger partial charge in [0, 0.05) is 44.0 Å². The average molecular weight is 397 g/mol. The van der Waals surface area contributed by atoms with Gasteiger partial charge in [0.05, 0.1) is 17.9 Å². The molecule has 0 aromatic carbocycles. The molecular formula is C19H24FN9. The summed E-state index contributed by atoms with van der Waals surface area (Å²) < 4.78 is 13.2. The minimum atomic E-state index is -0.357. The molecule has 29 heavy (non-hydrogen) atoms. The first-order valence-corrected chi connectivity index (χ1v) is 9.58. The maximum atomic E-state index is 13.2. The Morgan fingerprint density at radius 1 is 1.14 bits per heavy atom. The van der Waals surface area contributed by atoms with Crippen LogP contribution in [0.25, 0.3) is 0 Å².